The van der Waals surface area contributed by atoms with E-state index in [2.05, 4.69) is 20.8 Å². The Labute approximate surface area is 108 Å². The van der Waals surface area contributed by atoms with Crippen molar-refractivity contribution in [1.82, 2.24) is 0 Å². The van der Waals surface area contributed by atoms with Gasteiger partial charge in [-0.25, -0.2) is 4.85 Å². The Morgan fingerprint density at radius 3 is 2.31 bits per heavy atom. The Balaban J connectivity index is 2.47. The zero-order valence-electron chi connectivity index (χ0n) is 8.24. The van der Waals surface area contributed by atoms with Crippen molar-refractivity contribution in [3.63, 3.8) is 0 Å². The highest BCUT2D eigenvalue weighted by molar-refractivity contribution is 9.10. The maximum atomic E-state index is 6.89. The second-order valence-corrected chi connectivity index (χ2v) is 4.57. The number of rotatable bonds is 1. The molecule has 78 valence electrons. The van der Waals surface area contributed by atoms with E-state index in [1.165, 1.54) is 0 Å². The van der Waals surface area contributed by atoms with Gasteiger partial charge < -0.3 is 0 Å². The molecule has 0 aliphatic heterocycles. The van der Waals surface area contributed by atoms with Crippen LogP contribution in [-0.4, -0.2) is 0 Å². The molecule has 1 nitrogen and oxygen atoms in total. The Bertz CT molecular complexity index is 555. The highest BCUT2D eigenvalue weighted by atomic mass is 79.9. The summed E-state index contributed by atoms with van der Waals surface area (Å²) in [7, 11) is 0. The fourth-order valence-corrected chi connectivity index (χ4v) is 2.35. The number of benzene rings is 2. The largest absolute Gasteiger partial charge is 0.238 e. The highest BCUT2D eigenvalue weighted by Crippen LogP contribution is 2.31. The van der Waals surface area contributed by atoms with Crippen LogP contribution in [0.15, 0.2) is 46.9 Å². The van der Waals surface area contributed by atoms with Crippen LogP contribution in [0.1, 0.15) is 0 Å². The first-order chi connectivity index (χ1) is 7.70. The van der Waals surface area contributed by atoms with E-state index in [-0.39, 0.29) is 0 Å². The minimum absolute atomic E-state index is 0.647. The molecule has 0 spiro atoms. The van der Waals surface area contributed by atoms with Gasteiger partial charge in [0.05, 0.1) is 6.57 Å². The van der Waals surface area contributed by atoms with Gasteiger partial charge in [-0.3, -0.25) is 0 Å². The lowest BCUT2D eigenvalue weighted by atomic mass is 10.1. The molecule has 0 aliphatic rings. The molecule has 0 aromatic heterocycles. The smallest absolute Gasteiger partial charge is 0.187 e. The molecule has 0 N–H and O–H groups in total. The maximum Gasteiger partial charge on any atom is 0.187 e. The topological polar surface area (TPSA) is 4.36 Å². The van der Waals surface area contributed by atoms with E-state index in [0.717, 1.165) is 15.6 Å². The monoisotopic (exact) mass is 291 g/mol. The van der Waals surface area contributed by atoms with E-state index < -0.39 is 0 Å². The molecule has 0 aliphatic carbocycles. The summed E-state index contributed by atoms with van der Waals surface area (Å²) >= 11 is 9.36. The lowest BCUT2D eigenvalue weighted by molar-refractivity contribution is 1.59. The molecule has 0 radical (unpaired) electrons. The summed E-state index contributed by atoms with van der Waals surface area (Å²) in [6.07, 6.45) is 0. The van der Waals surface area contributed by atoms with Gasteiger partial charge >= 0.3 is 0 Å². The normalized spacial score (nSPS) is 9.81. The Kier molecular flexibility index (Phi) is 3.28. The Morgan fingerprint density at radius 2 is 1.75 bits per heavy atom. The van der Waals surface area contributed by atoms with Crippen molar-refractivity contribution in [2.45, 2.75) is 0 Å². The molecule has 2 aromatic carbocycles. The second-order valence-electron chi connectivity index (χ2n) is 3.28. The van der Waals surface area contributed by atoms with Crippen LogP contribution in [0.5, 0.6) is 0 Å². The third kappa shape index (κ3) is 2.27. The van der Waals surface area contributed by atoms with Crippen LogP contribution < -0.4 is 0 Å². The number of halogens is 2. The second kappa shape index (κ2) is 4.69. The van der Waals surface area contributed by atoms with Crippen molar-refractivity contribution in [2.24, 2.45) is 0 Å². The number of nitrogens with zero attached hydrogens (tertiary/aromatic N) is 1. The van der Waals surface area contributed by atoms with Crippen molar-refractivity contribution in [2.75, 3.05) is 0 Å². The molecule has 0 atom stereocenters. The van der Waals surface area contributed by atoms with Crippen molar-refractivity contribution in [3.05, 3.63) is 63.4 Å². The molecule has 0 bridgehead atoms. The molecular formula is C13H7BrClN. The highest BCUT2D eigenvalue weighted by Gasteiger charge is 2.03. The quantitative estimate of drug-likeness (QED) is 0.627. The van der Waals surface area contributed by atoms with E-state index >= 15 is 0 Å². The van der Waals surface area contributed by atoms with Crippen LogP contribution in [0, 0.1) is 6.57 Å². The summed E-state index contributed by atoms with van der Waals surface area (Å²) in [5.41, 5.74) is 2.78. The number of hydrogen-bond acceptors (Lipinski definition) is 0. The molecule has 0 unspecified atom stereocenters. The van der Waals surface area contributed by atoms with Crippen LogP contribution in [-0.2, 0) is 0 Å². The first kappa shape index (κ1) is 11.2. The first-order valence-electron chi connectivity index (χ1n) is 4.63. The van der Waals surface area contributed by atoms with Gasteiger partial charge in [-0.15, -0.1) is 0 Å². The van der Waals surface area contributed by atoms with E-state index in [0.29, 0.717) is 10.7 Å². The predicted octanol–water partition coefficient (Wildman–Crippen LogP) is 5.32. The summed E-state index contributed by atoms with van der Waals surface area (Å²) in [5, 5.41) is 0.702. The van der Waals surface area contributed by atoms with Crippen LogP contribution in [0.25, 0.3) is 16.0 Å². The van der Waals surface area contributed by atoms with Crippen LogP contribution in [0.2, 0.25) is 5.02 Å². The van der Waals surface area contributed by atoms with Crippen molar-refractivity contribution >= 4 is 33.2 Å². The summed E-state index contributed by atoms with van der Waals surface area (Å²) < 4.78 is 0.954. The zero-order chi connectivity index (χ0) is 11.5. The fraction of sp³-hybridized carbons (Fsp3) is 0. The molecule has 16 heavy (non-hydrogen) atoms. The van der Waals surface area contributed by atoms with Gasteiger partial charge in [0.15, 0.2) is 5.69 Å². The third-order valence-corrected chi connectivity index (χ3v) is 3.13. The van der Waals surface area contributed by atoms with Crippen LogP contribution >= 0.6 is 27.5 Å². The van der Waals surface area contributed by atoms with Crippen LogP contribution in [0.3, 0.4) is 0 Å². The summed E-state index contributed by atoms with van der Waals surface area (Å²) in [4.78, 5) is 3.36. The van der Waals surface area contributed by atoms with E-state index in [4.69, 9.17) is 18.2 Å². The van der Waals surface area contributed by atoms with Gasteiger partial charge in [-0.2, -0.15) is 0 Å². The molecule has 2 aromatic rings. The minimum atomic E-state index is 0.647. The SMILES string of the molecule is [C-]#[N+]c1ccc(-c2ccc(Cl)cc2Br)cc1. The van der Waals surface area contributed by atoms with E-state index in [9.17, 15) is 0 Å². The third-order valence-electron chi connectivity index (χ3n) is 2.24. The lowest BCUT2D eigenvalue weighted by Crippen LogP contribution is -1.79. The molecule has 3 heteroatoms. The standard InChI is InChI=1S/C13H7BrClN/c1-16-11-5-2-9(3-6-11)12-7-4-10(15)8-13(12)14/h2-8H. The summed E-state index contributed by atoms with van der Waals surface area (Å²) in [6.45, 7) is 6.89. The fourth-order valence-electron chi connectivity index (χ4n) is 1.44. The maximum absolute atomic E-state index is 6.89. The van der Waals surface area contributed by atoms with Gasteiger partial charge in [-0.1, -0.05) is 57.9 Å². The van der Waals surface area contributed by atoms with Crippen LogP contribution in [0.4, 0.5) is 5.69 Å². The lowest BCUT2D eigenvalue weighted by Gasteiger charge is -2.05. The summed E-state index contributed by atoms with van der Waals surface area (Å²) in [6, 6.07) is 13.2. The Morgan fingerprint density at radius 1 is 1.06 bits per heavy atom. The average molecular weight is 293 g/mol. The molecule has 0 saturated heterocycles. The van der Waals surface area contributed by atoms with Gasteiger partial charge in [0, 0.05) is 9.50 Å². The molecule has 0 fully saturated rings. The van der Waals surface area contributed by atoms with Gasteiger partial charge in [0.1, 0.15) is 0 Å². The molecular weight excluding hydrogens is 286 g/mol. The molecule has 2 rings (SSSR count). The Hall–Kier alpha value is -1.30. The molecule has 0 saturated carbocycles. The van der Waals surface area contributed by atoms with Crippen molar-refractivity contribution in [3.8, 4) is 11.1 Å². The first-order valence-corrected chi connectivity index (χ1v) is 5.81. The van der Waals surface area contributed by atoms with Gasteiger partial charge in [0.25, 0.3) is 0 Å². The van der Waals surface area contributed by atoms with Crippen molar-refractivity contribution < 1.29 is 0 Å². The van der Waals surface area contributed by atoms with Gasteiger partial charge in [-0.05, 0) is 23.3 Å². The van der Waals surface area contributed by atoms with E-state index in [1.54, 1.807) is 0 Å². The summed E-state index contributed by atoms with van der Waals surface area (Å²) in [5.74, 6) is 0. The van der Waals surface area contributed by atoms with E-state index in [1.807, 2.05) is 42.5 Å². The minimum Gasteiger partial charge on any atom is -0.238 e. The zero-order valence-corrected chi connectivity index (χ0v) is 10.6. The number of hydrogen-bond donors (Lipinski definition) is 0. The average Bonchev–Trinajstić information content (AvgIpc) is 2.29. The van der Waals surface area contributed by atoms with Crippen molar-refractivity contribution in [1.29, 1.82) is 0 Å². The molecule has 0 amide bonds. The predicted molar refractivity (Wildman–Crippen MR) is 70.9 cm³/mol. The molecule has 0 heterocycles. The van der Waals surface area contributed by atoms with Gasteiger partial charge in [0.2, 0.25) is 0 Å².